The molecule has 140 valence electrons. The highest BCUT2D eigenvalue weighted by molar-refractivity contribution is 6.74. The molecule has 1 heterocycles. The summed E-state index contributed by atoms with van der Waals surface area (Å²) in [6, 6.07) is 13.8. The summed E-state index contributed by atoms with van der Waals surface area (Å²) in [6.45, 7) is 11.2. The molecule has 0 saturated carbocycles. The van der Waals surface area contributed by atoms with Crippen molar-refractivity contribution in [3.05, 3.63) is 65.6 Å². The van der Waals surface area contributed by atoms with Crippen molar-refractivity contribution in [2.45, 2.75) is 51.4 Å². The van der Waals surface area contributed by atoms with Gasteiger partial charge in [0.15, 0.2) is 8.32 Å². The van der Waals surface area contributed by atoms with Gasteiger partial charge in [-0.3, -0.25) is 0 Å². The van der Waals surface area contributed by atoms with Gasteiger partial charge in [-0.15, -0.1) is 0 Å². The SMILES string of the molecule is CC(C)(C)[Si](C)(C)OC(Cc1ccc(/C=C/C(=O)O)o1)c1ccccc1. The van der Waals surface area contributed by atoms with E-state index < -0.39 is 14.3 Å². The van der Waals surface area contributed by atoms with E-state index in [-0.39, 0.29) is 11.1 Å². The fourth-order valence-electron chi connectivity index (χ4n) is 2.36. The van der Waals surface area contributed by atoms with Crippen LogP contribution in [-0.2, 0) is 15.6 Å². The van der Waals surface area contributed by atoms with E-state index in [1.165, 1.54) is 6.08 Å². The number of benzene rings is 1. The Morgan fingerprint density at radius 3 is 2.42 bits per heavy atom. The number of aliphatic carboxylic acids is 1. The van der Waals surface area contributed by atoms with E-state index in [0.717, 1.165) is 17.4 Å². The minimum Gasteiger partial charge on any atom is -0.478 e. The third kappa shape index (κ3) is 5.44. The molecule has 0 amide bonds. The van der Waals surface area contributed by atoms with E-state index in [1.54, 1.807) is 6.07 Å². The van der Waals surface area contributed by atoms with Gasteiger partial charge in [0.1, 0.15) is 11.5 Å². The number of hydrogen-bond acceptors (Lipinski definition) is 3. The van der Waals surface area contributed by atoms with Crippen LogP contribution in [0.25, 0.3) is 6.08 Å². The van der Waals surface area contributed by atoms with Crippen molar-refractivity contribution >= 4 is 20.4 Å². The van der Waals surface area contributed by atoms with E-state index >= 15 is 0 Å². The Balaban J connectivity index is 2.24. The Morgan fingerprint density at radius 2 is 1.85 bits per heavy atom. The normalized spacial score (nSPS) is 13.9. The predicted octanol–water partition coefficient (Wildman–Crippen LogP) is 5.68. The van der Waals surface area contributed by atoms with E-state index in [9.17, 15) is 4.79 Å². The Hall–Kier alpha value is -2.11. The average molecular weight is 373 g/mol. The lowest BCUT2D eigenvalue weighted by Crippen LogP contribution is -2.42. The highest BCUT2D eigenvalue weighted by atomic mass is 28.4. The molecule has 2 aromatic rings. The highest BCUT2D eigenvalue weighted by Crippen LogP contribution is 2.40. The molecular formula is C21H28O4Si. The number of rotatable bonds is 7. The lowest BCUT2D eigenvalue weighted by Gasteiger charge is -2.39. The fourth-order valence-corrected chi connectivity index (χ4v) is 3.64. The Kier molecular flexibility index (Phi) is 6.26. The topological polar surface area (TPSA) is 59.7 Å². The molecule has 0 radical (unpaired) electrons. The standard InChI is InChI=1S/C21H28O4Si/c1-21(2,3)26(4,5)25-19(16-9-7-6-8-10-16)15-18-12-11-17(24-18)13-14-20(22)23/h6-14,19H,15H2,1-5H3,(H,22,23)/b14-13+. The maximum atomic E-state index is 10.6. The first kappa shape index (κ1) is 20.2. The first-order valence-corrected chi connectivity index (χ1v) is 11.7. The van der Waals surface area contributed by atoms with Crippen molar-refractivity contribution < 1.29 is 18.7 Å². The average Bonchev–Trinajstić information content (AvgIpc) is 2.99. The van der Waals surface area contributed by atoms with Gasteiger partial charge in [-0.05, 0) is 41.9 Å². The Morgan fingerprint density at radius 1 is 1.19 bits per heavy atom. The van der Waals surface area contributed by atoms with Gasteiger partial charge in [-0.1, -0.05) is 51.1 Å². The number of carbonyl (C=O) groups is 1. The first-order chi connectivity index (χ1) is 12.1. The first-order valence-electron chi connectivity index (χ1n) is 8.81. The monoisotopic (exact) mass is 372 g/mol. The lowest BCUT2D eigenvalue weighted by atomic mass is 10.1. The number of hydrogen-bond donors (Lipinski definition) is 1. The zero-order chi connectivity index (χ0) is 19.4. The number of carboxylic acids is 1. The molecule has 0 aliphatic carbocycles. The Bertz CT molecular complexity index is 754. The summed E-state index contributed by atoms with van der Waals surface area (Å²) < 4.78 is 12.4. The van der Waals surface area contributed by atoms with Crippen LogP contribution in [0.3, 0.4) is 0 Å². The maximum Gasteiger partial charge on any atom is 0.328 e. The van der Waals surface area contributed by atoms with Gasteiger partial charge in [0, 0.05) is 12.5 Å². The summed E-state index contributed by atoms with van der Waals surface area (Å²) in [7, 11) is -1.96. The fraction of sp³-hybridized carbons (Fsp3) is 0.381. The smallest absolute Gasteiger partial charge is 0.328 e. The second-order valence-corrected chi connectivity index (χ2v) is 12.7. The molecule has 0 saturated heterocycles. The molecule has 1 N–H and O–H groups in total. The molecule has 1 aromatic carbocycles. The molecule has 26 heavy (non-hydrogen) atoms. The van der Waals surface area contributed by atoms with Crippen molar-refractivity contribution in [1.82, 2.24) is 0 Å². The minimum atomic E-state index is -1.96. The summed E-state index contributed by atoms with van der Waals surface area (Å²) in [6.07, 6.45) is 3.04. The van der Waals surface area contributed by atoms with Crippen LogP contribution in [0.4, 0.5) is 0 Å². The third-order valence-electron chi connectivity index (χ3n) is 4.87. The van der Waals surface area contributed by atoms with Gasteiger partial charge in [0.05, 0.1) is 6.10 Å². The summed E-state index contributed by atoms with van der Waals surface area (Å²) in [5.41, 5.74) is 1.12. The van der Waals surface area contributed by atoms with E-state index in [4.69, 9.17) is 13.9 Å². The quantitative estimate of drug-likeness (QED) is 0.501. The molecule has 0 spiro atoms. The molecule has 2 rings (SSSR count). The van der Waals surface area contributed by atoms with Crippen molar-refractivity contribution in [3.8, 4) is 0 Å². The lowest BCUT2D eigenvalue weighted by molar-refractivity contribution is -0.131. The molecule has 4 nitrogen and oxygen atoms in total. The molecule has 1 atom stereocenters. The number of furan rings is 1. The molecule has 0 aliphatic rings. The van der Waals surface area contributed by atoms with Crippen LogP contribution in [-0.4, -0.2) is 19.4 Å². The summed E-state index contributed by atoms with van der Waals surface area (Å²) in [4.78, 5) is 10.6. The van der Waals surface area contributed by atoms with Gasteiger partial charge >= 0.3 is 5.97 Å². The summed E-state index contributed by atoms with van der Waals surface area (Å²) in [5, 5.41) is 8.85. The zero-order valence-electron chi connectivity index (χ0n) is 16.2. The largest absolute Gasteiger partial charge is 0.478 e. The van der Waals surface area contributed by atoms with Crippen LogP contribution in [0.2, 0.25) is 18.1 Å². The van der Waals surface area contributed by atoms with Crippen LogP contribution in [0, 0.1) is 0 Å². The van der Waals surface area contributed by atoms with Crippen molar-refractivity contribution in [2.75, 3.05) is 0 Å². The van der Waals surface area contributed by atoms with Gasteiger partial charge in [0.2, 0.25) is 0 Å². The molecule has 1 unspecified atom stereocenters. The van der Waals surface area contributed by atoms with E-state index in [2.05, 4.69) is 46.0 Å². The molecule has 0 fully saturated rings. The molecule has 5 heteroatoms. The van der Waals surface area contributed by atoms with Crippen LogP contribution in [0.15, 0.2) is 53.0 Å². The number of carboxylic acid groups (broad SMARTS) is 1. The van der Waals surface area contributed by atoms with Crippen molar-refractivity contribution in [2.24, 2.45) is 0 Å². The highest BCUT2D eigenvalue weighted by Gasteiger charge is 2.39. The minimum absolute atomic E-state index is 0.0976. The third-order valence-corrected chi connectivity index (χ3v) is 9.36. The maximum absolute atomic E-state index is 10.6. The van der Waals surface area contributed by atoms with E-state index in [0.29, 0.717) is 12.2 Å². The predicted molar refractivity (Wildman–Crippen MR) is 107 cm³/mol. The van der Waals surface area contributed by atoms with Gasteiger partial charge in [-0.25, -0.2) is 4.79 Å². The van der Waals surface area contributed by atoms with E-state index in [1.807, 2.05) is 24.3 Å². The van der Waals surface area contributed by atoms with Gasteiger partial charge < -0.3 is 13.9 Å². The molecule has 1 aromatic heterocycles. The second kappa shape index (κ2) is 8.06. The molecule has 0 bridgehead atoms. The van der Waals surface area contributed by atoms with Crippen LogP contribution in [0.1, 0.15) is 44.0 Å². The van der Waals surface area contributed by atoms with Crippen LogP contribution >= 0.6 is 0 Å². The van der Waals surface area contributed by atoms with Gasteiger partial charge in [0.25, 0.3) is 0 Å². The summed E-state index contributed by atoms with van der Waals surface area (Å²) >= 11 is 0. The summed E-state index contributed by atoms with van der Waals surface area (Å²) in [5.74, 6) is 0.315. The molecule has 0 aliphatic heterocycles. The Labute approximate surface area is 156 Å². The van der Waals surface area contributed by atoms with Gasteiger partial charge in [-0.2, -0.15) is 0 Å². The molecular weight excluding hydrogens is 344 g/mol. The van der Waals surface area contributed by atoms with Crippen molar-refractivity contribution in [1.29, 1.82) is 0 Å². The second-order valence-electron chi connectivity index (χ2n) is 7.96. The zero-order valence-corrected chi connectivity index (χ0v) is 17.2. The van der Waals surface area contributed by atoms with Crippen LogP contribution in [0.5, 0.6) is 0 Å². The van der Waals surface area contributed by atoms with Crippen molar-refractivity contribution in [3.63, 3.8) is 0 Å². The van der Waals surface area contributed by atoms with Crippen LogP contribution < -0.4 is 0 Å².